The predicted molar refractivity (Wildman–Crippen MR) is 175 cm³/mol. The highest BCUT2D eigenvalue weighted by molar-refractivity contribution is 6.16. The Hall–Kier alpha value is -5.90. The standard InChI is InChI=1S/C36H36N2O8/c1-45-33-21-25(7-13-31(33)41)19-29(35(43)37-17-15-23-3-9-27(39)10-4-23)30(20-26-8-14-32(42)34(22-26)46-2)36(44)38-18-16-24-5-11-28(40)12-6-24/h3-14,19-22,39-42H,15-18H2,1-2H3,(H,37,43)(H,38,44)/b29-19-,30-20-. The van der Waals surface area contributed by atoms with Gasteiger partial charge in [0, 0.05) is 13.1 Å². The lowest BCUT2D eigenvalue weighted by atomic mass is 9.97. The number of hydrogen-bond acceptors (Lipinski definition) is 8. The number of hydrogen-bond donors (Lipinski definition) is 6. The van der Waals surface area contributed by atoms with Gasteiger partial charge in [0.15, 0.2) is 23.0 Å². The molecule has 4 aromatic carbocycles. The first-order valence-corrected chi connectivity index (χ1v) is 14.5. The van der Waals surface area contributed by atoms with Crippen LogP contribution in [0, 0.1) is 0 Å². The van der Waals surface area contributed by atoms with Gasteiger partial charge in [-0.2, -0.15) is 0 Å². The maximum absolute atomic E-state index is 13.8. The fraction of sp³-hybridized carbons (Fsp3) is 0.167. The third-order valence-electron chi connectivity index (χ3n) is 7.08. The molecule has 0 aromatic heterocycles. The highest BCUT2D eigenvalue weighted by atomic mass is 16.5. The van der Waals surface area contributed by atoms with Gasteiger partial charge in [0.25, 0.3) is 11.8 Å². The molecule has 0 aliphatic heterocycles. The molecule has 2 amide bonds. The molecule has 0 aliphatic carbocycles. The average molecular weight is 625 g/mol. The molecule has 6 N–H and O–H groups in total. The van der Waals surface area contributed by atoms with Crippen molar-refractivity contribution in [3.63, 3.8) is 0 Å². The van der Waals surface area contributed by atoms with Crippen molar-refractivity contribution in [1.29, 1.82) is 0 Å². The molecule has 0 atom stereocenters. The Morgan fingerprint density at radius 3 is 1.30 bits per heavy atom. The highest BCUT2D eigenvalue weighted by Crippen LogP contribution is 2.30. The second kappa shape index (κ2) is 15.7. The topological polar surface area (TPSA) is 158 Å². The molecule has 4 rings (SSSR count). The monoisotopic (exact) mass is 624 g/mol. The lowest BCUT2D eigenvalue weighted by Crippen LogP contribution is -2.33. The second-order valence-corrected chi connectivity index (χ2v) is 10.3. The van der Waals surface area contributed by atoms with Gasteiger partial charge < -0.3 is 40.5 Å². The lowest BCUT2D eigenvalue weighted by molar-refractivity contribution is -0.120. The van der Waals surface area contributed by atoms with Crippen molar-refractivity contribution in [2.75, 3.05) is 27.3 Å². The number of methoxy groups -OCH3 is 2. The minimum atomic E-state index is -0.531. The van der Waals surface area contributed by atoms with Crippen LogP contribution in [0.2, 0.25) is 0 Å². The molecule has 0 unspecified atom stereocenters. The fourth-order valence-corrected chi connectivity index (χ4v) is 4.59. The van der Waals surface area contributed by atoms with Gasteiger partial charge in [0.1, 0.15) is 11.5 Å². The Labute approximate surface area is 266 Å². The van der Waals surface area contributed by atoms with Crippen molar-refractivity contribution < 1.29 is 39.5 Å². The van der Waals surface area contributed by atoms with Gasteiger partial charge >= 0.3 is 0 Å². The number of phenols is 4. The molecular weight excluding hydrogens is 588 g/mol. The van der Waals surface area contributed by atoms with Crippen molar-refractivity contribution in [3.8, 4) is 34.5 Å². The smallest absolute Gasteiger partial charge is 0.252 e. The van der Waals surface area contributed by atoms with E-state index >= 15 is 0 Å². The van der Waals surface area contributed by atoms with E-state index in [0.29, 0.717) is 24.0 Å². The van der Waals surface area contributed by atoms with Gasteiger partial charge in [-0.25, -0.2) is 0 Å². The molecule has 0 bridgehead atoms. The first-order valence-electron chi connectivity index (χ1n) is 14.5. The zero-order valence-corrected chi connectivity index (χ0v) is 25.5. The average Bonchev–Trinajstić information content (AvgIpc) is 3.05. The molecule has 0 saturated carbocycles. The number of aromatic hydroxyl groups is 4. The maximum atomic E-state index is 13.8. The molecule has 0 spiro atoms. The Morgan fingerprint density at radius 1 is 0.587 bits per heavy atom. The maximum Gasteiger partial charge on any atom is 0.252 e. The summed E-state index contributed by atoms with van der Waals surface area (Å²) in [5.74, 6) is -0.579. The summed E-state index contributed by atoms with van der Waals surface area (Å²) in [7, 11) is 2.81. The van der Waals surface area contributed by atoms with E-state index in [1.54, 1.807) is 72.8 Å². The molecule has 0 saturated heterocycles. The molecule has 0 radical (unpaired) electrons. The molecular formula is C36H36N2O8. The summed E-state index contributed by atoms with van der Waals surface area (Å²) in [6.07, 6.45) is 4.00. The Morgan fingerprint density at radius 2 is 0.957 bits per heavy atom. The third kappa shape index (κ3) is 9.06. The summed E-state index contributed by atoms with van der Waals surface area (Å²) in [6.45, 7) is 0.477. The zero-order valence-electron chi connectivity index (χ0n) is 25.5. The predicted octanol–water partition coefficient (Wildman–Crippen LogP) is 4.71. The lowest BCUT2D eigenvalue weighted by Gasteiger charge is -2.15. The van der Waals surface area contributed by atoms with E-state index < -0.39 is 11.8 Å². The van der Waals surface area contributed by atoms with E-state index in [4.69, 9.17) is 9.47 Å². The van der Waals surface area contributed by atoms with Crippen molar-refractivity contribution in [2.45, 2.75) is 12.8 Å². The zero-order chi connectivity index (χ0) is 33.1. The van der Waals surface area contributed by atoms with Crippen LogP contribution < -0.4 is 20.1 Å². The summed E-state index contributed by atoms with van der Waals surface area (Å²) in [4.78, 5) is 27.7. The Balaban J connectivity index is 1.71. The number of carbonyl (C=O) groups is 2. The van der Waals surface area contributed by atoms with Gasteiger partial charge in [0.2, 0.25) is 0 Å². The molecule has 46 heavy (non-hydrogen) atoms. The van der Waals surface area contributed by atoms with Crippen LogP contribution in [-0.2, 0) is 22.4 Å². The Kier molecular flexibility index (Phi) is 11.3. The van der Waals surface area contributed by atoms with Crippen LogP contribution >= 0.6 is 0 Å². The summed E-state index contributed by atoms with van der Waals surface area (Å²) >= 11 is 0. The van der Waals surface area contributed by atoms with Crippen LogP contribution in [0.15, 0.2) is 96.1 Å². The van der Waals surface area contributed by atoms with Crippen LogP contribution in [0.4, 0.5) is 0 Å². The molecule has 10 heteroatoms. The summed E-state index contributed by atoms with van der Waals surface area (Å²) in [5, 5.41) is 45.2. The summed E-state index contributed by atoms with van der Waals surface area (Å²) in [6, 6.07) is 22.4. The molecule has 238 valence electrons. The minimum Gasteiger partial charge on any atom is -0.508 e. The fourth-order valence-electron chi connectivity index (χ4n) is 4.59. The quantitative estimate of drug-likeness (QED) is 0.0922. The van der Waals surface area contributed by atoms with Crippen LogP contribution in [0.1, 0.15) is 22.3 Å². The summed E-state index contributed by atoms with van der Waals surface area (Å²) in [5.41, 5.74) is 2.84. The van der Waals surface area contributed by atoms with Gasteiger partial charge in [0.05, 0.1) is 25.4 Å². The largest absolute Gasteiger partial charge is 0.508 e. The van der Waals surface area contributed by atoms with Crippen molar-refractivity contribution in [1.82, 2.24) is 10.6 Å². The van der Waals surface area contributed by atoms with Crippen LogP contribution in [0.5, 0.6) is 34.5 Å². The first kappa shape index (κ1) is 33.0. The second-order valence-electron chi connectivity index (χ2n) is 10.3. The molecule has 0 aliphatic rings. The SMILES string of the molecule is COc1cc(/C=C(C(=O)NCCc2ccc(O)cc2)/C(=C/c2ccc(O)c(OC)c2)C(=O)NCCc2ccc(O)cc2)ccc1O. The van der Waals surface area contributed by atoms with E-state index in [1.807, 2.05) is 0 Å². The van der Waals surface area contributed by atoms with E-state index in [1.165, 1.54) is 38.5 Å². The van der Waals surface area contributed by atoms with Gasteiger partial charge in [-0.15, -0.1) is 0 Å². The van der Waals surface area contributed by atoms with E-state index in [0.717, 1.165) is 11.1 Å². The van der Waals surface area contributed by atoms with Crippen LogP contribution in [0.25, 0.3) is 12.2 Å². The van der Waals surface area contributed by atoms with Gasteiger partial charge in [-0.1, -0.05) is 36.4 Å². The third-order valence-corrected chi connectivity index (χ3v) is 7.08. The van der Waals surface area contributed by atoms with Crippen molar-refractivity contribution in [3.05, 3.63) is 118 Å². The molecule has 0 fully saturated rings. The normalized spacial score (nSPS) is 11.5. The van der Waals surface area contributed by atoms with E-state index in [-0.39, 0.29) is 58.7 Å². The summed E-state index contributed by atoms with van der Waals surface area (Å²) < 4.78 is 10.5. The number of ether oxygens (including phenoxy) is 2. The molecule has 0 heterocycles. The molecule has 10 nitrogen and oxygen atoms in total. The number of rotatable bonds is 13. The number of carbonyl (C=O) groups excluding carboxylic acids is 2. The number of phenolic OH excluding ortho intramolecular Hbond substituents is 4. The minimum absolute atomic E-state index is 0.0348. The number of amides is 2. The van der Waals surface area contributed by atoms with Crippen LogP contribution in [0.3, 0.4) is 0 Å². The van der Waals surface area contributed by atoms with Crippen molar-refractivity contribution >= 4 is 24.0 Å². The Bertz CT molecular complexity index is 1600. The number of benzene rings is 4. The highest BCUT2D eigenvalue weighted by Gasteiger charge is 2.22. The first-order chi connectivity index (χ1) is 22.2. The van der Waals surface area contributed by atoms with Gasteiger partial charge in [-0.05, 0) is 95.8 Å². The van der Waals surface area contributed by atoms with E-state index in [9.17, 15) is 30.0 Å². The van der Waals surface area contributed by atoms with Gasteiger partial charge in [-0.3, -0.25) is 9.59 Å². The van der Waals surface area contributed by atoms with Crippen molar-refractivity contribution in [2.24, 2.45) is 0 Å². The number of nitrogens with one attached hydrogen (secondary N) is 2. The van der Waals surface area contributed by atoms with E-state index in [2.05, 4.69) is 10.6 Å². The van der Waals surface area contributed by atoms with Crippen LogP contribution in [-0.4, -0.2) is 59.5 Å². The molecule has 4 aromatic rings.